The number of fused-ring (bicyclic) bond motifs is 1. The molecule has 0 unspecified atom stereocenters. The quantitative estimate of drug-likeness (QED) is 0.642. The van der Waals surface area contributed by atoms with Crippen LogP contribution < -0.4 is 4.90 Å². The minimum atomic E-state index is -0.409. The van der Waals surface area contributed by atoms with E-state index in [1.807, 2.05) is 6.07 Å². The summed E-state index contributed by atoms with van der Waals surface area (Å²) in [5, 5.41) is 0. The van der Waals surface area contributed by atoms with Crippen LogP contribution in [-0.4, -0.2) is 26.0 Å². The number of hydrogen-bond acceptors (Lipinski definition) is 3. The van der Waals surface area contributed by atoms with E-state index in [2.05, 4.69) is 4.74 Å². The first-order chi connectivity index (χ1) is 7.15. The van der Waals surface area contributed by atoms with Crippen LogP contribution in [0.25, 0.3) is 0 Å². The SMILES string of the molecule is COC(=O)c1cccc2c1N(C)C(=O)C2. The van der Waals surface area contributed by atoms with Crippen molar-refractivity contribution in [2.24, 2.45) is 0 Å². The highest BCUT2D eigenvalue weighted by molar-refractivity contribution is 6.08. The van der Waals surface area contributed by atoms with Crippen molar-refractivity contribution < 1.29 is 14.3 Å². The van der Waals surface area contributed by atoms with E-state index in [9.17, 15) is 9.59 Å². The summed E-state index contributed by atoms with van der Waals surface area (Å²) in [6.45, 7) is 0. The molecule has 1 amide bonds. The summed E-state index contributed by atoms with van der Waals surface area (Å²) < 4.78 is 4.67. The molecule has 4 nitrogen and oxygen atoms in total. The third-order valence-electron chi connectivity index (χ3n) is 2.58. The molecule has 0 atom stereocenters. The van der Waals surface area contributed by atoms with E-state index >= 15 is 0 Å². The second kappa shape index (κ2) is 3.38. The second-order valence-electron chi connectivity index (χ2n) is 3.43. The lowest BCUT2D eigenvalue weighted by Gasteiger charge is -2.13. The fraction of sp³-hybridized carbons (Fsp3) is 0.273. The van der Waals surface area contributed by atoms with Gasteiger partial charge >= 0.3 is 5.97 Å². The Bertz CT molecular complexity index is 439. The first-order valence-corrected chi connectivity index (χ1v) is 4.62. The molecule has 0 saturated heterocycles. The predicted molar refractivity (Wildman–Crippen MR) is 54.9 cm³/mol. The Kier molecular flexibility index (Phi) is 2.19. The van der Waals surface area contributed by atoms with E-state index in [4.69, 9.17) is 0 Å². The monoisotopic (exact) mass is 205 g/mol. The molecule has 2 rings (SSSR count). The number of methoxy groups -OCH3 is 1. The summed E-state index contributed by atoms with van der Waals surface area (Å²) in [6, 6.07) is 5.28. The molecule has 0 radical (unpaired) electrons. The van der Waals surface area contributed by atoms with Gasteiger partial charge in [0, 0.05) is 7.05 Å². The van der Waals surface area contributed by atoms with E-state index in [0.717, 1.165) is 5.56 Å². The highest BCUT2D eigenvalue weighted by Crippen LogP contribution is 2.31. The lowest BCUT2D eigenvalue weighted by molar-refractivity contribution is -0.117. The van der Waals surface area contributed by atoms with Crippen LogP contribution in [0.15, 0.2) is 18.2 Å². The Hall–Kier alpha value is -1.84. The standard InChI is InChI=1S/C11H11NO3/c1-12-9(13)6-7-4-3-5-8(10(7)12)11(14)15-2/h3-5H,6H2,1-2H3. The molecule has 0 spiro atoms. The van der Waals surface area contributed by atoms with Gasteiger partial charge < -0.3 is 9.64 Å². The predicted octanol–water partition coefficient (Wildman–Crippen LogP) is 0.992. The fourth-order valence-electron chi connectivity index (χ4n) is 1.81. The molecule has 0 N–H and O–H groups in total. The van der Waals surface area contributed by atoms with E-state index in [1.165, 1.54) is 12.0 Å². The van der Waals surface area contributed by atoms with Gasteiger partial charge in [-0.05, 0) is 11.6 Å². The minimum absolute atomic E-state index is 0.00125. The zero-order valence-corrected chi connectivity index (χ0v) is 8.61. The molecule has 1 aliphatic rings. The smallest absolute Gasteiger partial charge is 0.339 e. The van der Waals surface area contributed by atoms with Crippen molar-refractivity contribution in [3.63, 3.8) is 0 Å². The lowest BCUT2D eigenvalue weighted by Crippen LogP contribution is -2.22. The van der Waals surface area contributed by atoms with E-state index in [1.54, 1.807) is 19.2 Å². The number of nitrogens with zero attached hydrogens (tertiary/aromatic N) is 1. The summed E-state index contributed by atoms with van der Waals surface area (Å²) in [6.07, 6.45) is 0.358. The Morgan fingerprint density at radius 3 is 2.87 bits per heavy atom. The number of para-hydroxylation sites is 1. The summed E-state index contributed by atoms with van der Waals surface area (Å²) in [7, 11) is 3.00. The van der Waals surface area contributed by atoms with Crippen molar-refractivity contribution in [2.45, 2.75) is 6.42 Å². The highest BCUT2D eigenvalue weighted by Gasteiger charge is 2.28. The Labute approximate surface area is 87.4 Å². The topological polar surface area (TPSA) is 46.6 Å². The van der Waals surface area contributed by atoms with Gasteiger partial charge in [-0.2, -0.15) is 0 Å². The van der Waals surface area contributed by atoms with Crippen LogP contribution in [0.3, 0.4) is 0 Å². The van der Waals surface area contributed by atoms with Crippen molar-refractivity contribution in [2.75, 3.05) is 19.1 Å². The first-order valence-electron chi connectivity index (χ1n) is 4.62. The molecule has 0 bridgehead atoms. The van der Waals surface area contributed by atoms with Gasteiger partial charge in [-0.25, -0.2) is 4.79 Å². The second-order valence-corrected chi connectivity index (χ2v) is 3.43. The van der Waals surface area contributed by atoms with Gasteiger partial charge in [0.25, 0.3) is 0 Å². The van der Waals surface area contributed by atoms with Crippen LogP contribution in [-0.2, 0) is 16.0 Å². The van der Waals surface area contributed by atoms with Crippen LogP contribution in [0.5, 0.6) is 0 Å². The number of hydrogen-bond donors (Lipinski definition) is 0. The Morgan fingerprint density at radius 1 is 1.47 bits per heavy atom. The maximum absolute atomic E-state index is 11.5. The summed E-state index contributed by atoms with van der Waals surface area (Å²) >= 11 is 0. The number of carbonyl (C=O) groups excluding carboxylic acids is 2. The van der Waals surface area contributed by atoms with Crippen molar-refractivity contribution in [1.82, 2.24) is 0 Å². The zero-order valence-electron chi connectivity index (χ0n) is 8.61. The number of esters is 1. The van der Waals surface area contributed by atoms with Crippen molar-refractivity contribution >= 4 is 17.6 Å². The third-order valence-corrected chi connectivity index (χ3v) is 2.58. The molecule has 1 aliphatic heterocycles. The summed E-state index contributed by atoms with van der Waals surface area (Å²) in [5.41, 5.74) is 2.00. The van der Waals surface area contributed by atoms with Gasteiger partial charge in [0.1, 0.15) is 0 Å². The average Bonchev–Trinajstić information content (AvgIpc) is 2.54. The molecular formula is C11H11NO3. The third kappa shape index (κ3) is 1.38. The normalized spacial score (nSPS) is 14.0. The van der Waals surface area contributed by atoms with Crippen LogP contribution in [0.4, 0.5) is 5.69 Å². The first kappa shape index (κ1) is 9.71. The molecule has 0 saturated carbocycles. The molecule has 1 aromatic rings. The van der Waals surface area contributed by atoms with Crippen LogP contribution in [0.2, 0.25) is 0 Å². The number of anilines is 1. The van der Waals surface area contributed by atoms with Gasteiger partial charge in [0.15, 0.2) is 0 Å². The average molecular weight is 205 g/mol. The minimum Gasteiger partial charge on any atom is -0.465 e. The van der Waals surface area contributed by atoms with Gasteiger partial charge in [-0.1, -0.05) is 12.1 Å². The number of amides is 1. The summed E-state index contributed by atoms with van der Waals surface area (Å²) in [5.74, 6) is -0.408. The van der Waals surface area contributed by atoms with Gasteiger partial charge in [0.2, 0.25) is 5.91 Å². The molecule has 0 fully saturated rings. The van der Waals surface area contributed by atoms with Crippen molar-refractivity contribution in [3.05, 3.63) is 29.3 Å². The summed E-state index contributed by atoms with van der Waals surface area (Å²) in [4.78, 5) is 24.4. The Morgan fingerprint density at radius 2 is 2.20 bits per heavy atom. The number of rotatable bonds is 1. The van der Waals surface area contributed by atoms with Crippen LogP contribution >= 0.6 is 0 Å². The molecule has 0 aromatic heterocycles. The molecular weight excluding hydrogens is 194 g/mol. The molecule has 0 aliphatic carbocycles. The maximum atomic E-state index is 11.5. The fourth-order valence-corrected chi connectivity index (χ4v) is 1.81. The van der Waals surface area contributed by atoms with Crippen LogP contribution in [0.1, 0.15) is 15.9 Å². The van der Waals surface area contributed by atoms with Crippen molar-refractivity contribution in [3.8, 4) is 0 Å². The number of benzene rings is 1. The van der Waals surface area contributed by atoms with Crippen molar-refractivity contribution in [1.29, 1.82) is 0 Å². The molecule has 4 heteroatoms. The van der Waals surface area contributed by atoms with E-state index in [0.29, 0.717) is 17.7 Å². The molecule has 15 heavy (non-hydrogen) atoms. The zero-order chi connectivity index (χ0) is 11.0. The number of carbonyl (C=O) groups is 2. The lowest BCUT2D eigenvalue weighted by atomic mass is 10.1. The maximum Gasteiger partial charge on any atom is 0.339 e. The van der Waals surface area contributed by atoms with E-state index < -0.39 is 5.97 Å². The Balaban J connectivity index is 2.56. The van der Waals surface area contributed by atoms with Gasteiger partial charge in [0.05, 0.1) is 24.8 Å². The number of likely N-dealkylation sites (N-methyl/N-ethyl adjacent to an activating group) is 1. The van der Waals surface area contributed by atoms with Gasteiger partial charge in [-0.15, -0.1) is 0 Å². The number of ether oxygens (including phenoxy) is 1. The molecule has 1 heterocycles. The van der Waals surface area contributed by atoms with Crippen LogP contribution in [0, 0.1) is 0 Å². The molecule has 1 aromatic carbocycles. The molecule has 78 valence electrons. The largest absolute Gasteiger partial charge is 0.465 e. The van der Waals surface area contributed by atoms with E-state index in [-0.39, 0.29) is 5.91 Å². The van der Waals surface area contributed by atoms with Gasteiger partial charge in [-0.3, -0.25) is 4.79 Å². The highest BCUT2D eigenvalue weighted by atomic mass is 16.5.